The van der Waals surface area contributed by atoms with E-state index in [1.54, 1.807) is 14.2 Å². The summed E-state index contributed by atoms with van der Waals surface area (Å²) >= 11 is 0. The molecule has 0 aromatic carbocycles. The van der Waals surface area contributed by atoms with Gasteiger partial charge in [0.2, 0.25) is 5.91 Å². The predicted octanol–water partition coefficient (Wildman–Crippen LogP) is 1.02. The summed E-state index contributed by atoms with van der Waals surface area (Å²) in [6.07, 6.45) is 4.78. The molecular formula is C13H28N2O3. The normalized spacial score (nSPS) is 10.6. The van der Waals surface area contributed by atoms with Crippen LogP contribution in [0.15, 0.2) is 0 Å². The second-order valence-corrected chi connectivity index (χ2v) is 4.32. The highest BCUT2D eigenvalue weighted by molar-refractivity contribution is 5.76. The summed E-state index contributed by atoms with van der Waals surface area (Å²) in [4.78, 5) is 13.8. The van der Waals surface area contributed by atoms with E-state index >= 15 is 0 Å². The molecule has 0 radical (unpaired) electrons. The van der Waals surface area contributed by atoms with Gasteiger partial charge in [-0.3, -0.25) is 4.79 Å². The first-order chi connectivity index (χ1) is 8.76. The van der Waals surface area contributed by atoms with E-state index in [9.17, 15) is 4.79 Å². The van der Waals surface area contributed by atoms with Gasteiger partial charge in [0.25, 0.3) is 0 Å². The second kappa shape index (κ2) is 12.8. The molecule has 0 atom stereocenters. The molecule has 0 rings (SSSR count). The number of nitrogens with two attached hydrogens (primary N) is 1. The van der Waals surface area contributed by atoms with E-state index in [2.05, 4.69) is 0 Å². The number of hydrogen-bond acceptors (Lipinski definition) is 4. The third-order valence-electron chi connectivity index (χ3n) is 2.83. The molecule has 0 aliphatic rings. The summed E-state index contributed by atoms with van der Waals surface area (Å²) in [7, 11) is 3.29. The van der Waals surface area contributed by atoms with Gasteiger partial charge in [-0.25, -0.2) is 0 Å². The Morgan fingerprint density at radius 3 is 2.06 bits per heavy atom. The molecule has 5 nitrogen and oxygen atoms in total. The topological polar surface area (TPSA) is 64.8 Å². The molecule has 1 amide bonds. The first kappa shape index (κ1) is 17.4. The SMILES string of the molecule is COCCN(CCOC)C(=O)CCCCCCN. The van der Waals surface area contributed by atoms with Crippen LogP contribution in [-0.2, 0) is 14.3 Å². The van der Waals surface area contributed by atoms with Gasteiger partial charge >= 0.3 is 0 Å². The highest BCUT2D eigenvalue weighted by atomic mass is 16.5. The van der Waals surface area contributed by atoms with E-state index in [0.717, 1.165) is 32.2 Å². The van der Waals surface area contributed by atoms with Crippen molar-refractivity contribution in [3.63, 3.8) is 0 Å². The number of nitrogens with zero attached hydrogens (tertiary/aromatic N) is 1. The lowest BCUT2D eigenvalue weighted by molar-refractivity contribution is -0.132. The van der Waals surface area contributed by atoms with Crippen LogP contribution in [0.4, 0.5) is 0 Å². The number of rotatable bonds is 12. The van der Waals surface area contributed by atoms with Crippen molar-refractivity contribution in [2.45, 2.75) is 32.1 Å². The lowest BCUT2D eigenvalue weighted by Crippen LogP contribution is -2.36. The zero-order chi connectivity index (χ0) is 13.6. The zero-order valence-corrected chi connectivity index (χ0v) is 11.8. The maximum Gasteiger partial charge on any atom is 0.222 e. The van der Waals surface area contributed by atoms with Gasteiger partial charge in [-0.15, -0.1) is 0 Å². The van der Waals surface area contributed by atoms with Crippen LogP contribution in [0, 0.1) is 0 Å². The van der Waals surface area contributed by atoms with Crippen LogP contribution in [0.2, 0.25) is 0 Å². The molecule has 0 unspecified atom stereocenters. The number of methoxy groups -OCH3 is 2. The monoisotopic (exact) mass is 260 g/mol. The molecule has 0 bridgehead atoms. The summed E-state index contributed by atoms with van der Waals surface area (Å²) in [6.45, 7) is 3.16. The molecule has 0 aromatic rings. The number of ether oxygens (including phenoxy) is 2. The smallest absolute Gasteiger partial charge is 0.222 e. The van der Waals surface area contributed by atoms with Gasteiger partial charge in [0.05, 0.1) is 13.2 Å². The van der Waals surface area contributed by atoms with Gasteiger partial charge in [-0.2, -0.15) is 0 Å². The van der Waals surface area contributed by atoms with Crippen molar-refractivity contribution in [3.8, 4) is 0 Å². The number of hydrogen-bond donors (Lipinski definition) is 1. The Morgan fingerprint density at radius 1 is 1.00 bits per heavy atom. The standard InChI is InChI=1S/C13H28N2O3/c1-17-11-9-15(10-12-18-2)13(16)7-5-3-4-6-8-14/h3-12,14H2,1-2H3. The minimum atomic E-state index is 0.192. The molecule has 0 aromatic heterocycles. The summed E-state index contributed by atoms with van der Waals surface area (Å²) < 4.78 is 10.0. The summed E-state index contributed by atoms with van der Waals surface area (Å²) in [5.41, 5.74) is 5.43. The summed E-state index contributed by atoms with van der Waals surface area (Å²) in [6, 6.07) is 0. The first-order valence-electron chi connectivity index (χ1n) is 6.72. The van der Waals surface area contributed by atoms with E-state index in [-0.39, 0.29) is 5.91 Å². The van der Waals surface area contributed by atoms with Crippen molar-refractivity contribution in [3.05, 3.63) is 0 Å². The fourth-order valence-corrected chi connectivity index (χ4v) is 1.70. The van der Waals surface area contributed by atoms with E-state index in [0.29, 0.717) is 32.7 Å². The van der Waals surface area contributed by atoms with Crippen molar-refractivity contribution in [2.75, 3.05) is 47.1 Å². The van der Waals surface area contributed by atoms with Gasteiger partial charge in [-0.1, -0.05) is 12.8 Å². The Kier molecular flexibility index (Phi) is 12.3. The van der Waals surface area contributed by atoms with Gasteiger partial charge < -0.3 is 20.1 Å². The van der Waals surface area contributed by atoms with Crippen LogP contribution in [0.3, 0.4) is 0 Å². The van der Waals surface area contributed by atoms with E-state index in [1.807, 2.05) is 4.90 Å². The minimum absolute atomic E-state index is 0.192. The molecule has 108 valence electrons. The Morgan fingerprint density at radius 2 is 1.56 bits per heavy atom. The molecular weight excluding hydrogens is 232 g/mol. The molecule has 5 heteroatoms. The molecule has 0 fully saturated rings. The quantitative estimate of drug-likeness (QED) is 0.532. The van der Waals surface area contributed by atoms with Gasteiger partial charge in [0.1, 0.15) is 0 Å². The average molecular weight is 260 g/mol. The Bertz CT molecular complexity index is 193. The lowest BCUT2D eigenvalue weighted by atomic mass is 10.1. The maximum atomic E-state index is 12.0. The third kappa shape index (κ3) is 9.39. The molecule has 2 N–H and O–H groups in total. The Hall–Kier alpha value is -0.650. The Labute approximate surface area is 111 Å². The van der Waals surface area contributed by atoms with Crippen LogP contribution in [0.25, 0.3) is 0 Å². The second-order valence-electron chi connectivity index (χ2n) is 4.32. The average Bonchev–Trinajstić information content (AvgIpc) is 2.38. The maximum absolute atomic E-state index is 12.0. The van der Waals surface area contributed by atoms with Crippen molar-refractivity contribution >= 4 is 5.91 Å². The van der Waals surface area contributed by atoms with E-state index in [4.69, 9.17) is 15.2 Å². The fraction of sp³-hybridized carbons (Fsp3) is 0.923. The van der Waals surface area contributed by atoms with E-state index in [1.165, 1.54) is 0 Å². The molecule has 0 aliphatic heterocycles. The fourth-order valence-electron chi connectivity index (χ4n) is 1.70. The molecule has 0 heterocycles. The van der Waals surface area contributed by atoms with Crippen LogP contribution in [0.5, 0.6) is 0 Å². The number of carbonyl (C=O) groups is 1. The third-order valence-corrected chi connectivity index (χ3v) is 2.83. The van der Waals surface area contributed by atoms with Gasteiger partial charge in [0, 0.05) is 33.7 Å². The van der Waals surface area contributed by atoms with Crippen LogP contribution in [-0.4, -0.2) is 57.9 Å². The van der Waals surface area contributed by atoms with Crippen molar-refractivity contribution < 1.29 is 14.3 Å². The predicted molar refractivity (Wildman–Crippen MR) is 72.5 cm³/mol. The Balaban J connectivity index is 3.80. The molecule has 0 spiro atoms. The zero-order valence-electron chi connectivity index (χ0n) is 11.8. The van der Waals surface area contributed by atoms with Crippen molar-refractivity contribution in [2.24, 2.45) is 5.73 Å². The lowest BCUT2D eigenvalue weighted by Gasteiger charge is -2.22. The highest BCUT2D eigenvalue weighted by Gasteiger charge is 2.12. The molecule has 18 heavy (non-hydrogen) atoms. The van der Waals surface area contributed by atoms with E-state index < -0.39 is 0 Å². The first-order valence-corrected chi connectivity index (χ1v) is 6.72. The highest BCUT2D eigenvalue weighted by Crippen LogP contribution is 2.05. The van der Waals surface area contributed by atoms with Gasteiger partial charge in [0.15, 0.2) is 0 Å². The molecule has 0 saturated carbocycles. The minimum Gasteiger partial charge on any atom is -0.383 e. The largest absolute Gasteiger partial charge is 0.383 e. The summed E-state index contributed by atoms with van der Waals surface area (Å²) in [5.74, 6) is 0.192. The number of amides is 1. The van der Waals surface area contributed by atoms with Crippen LogP contribution >= 0.6 is 0 Å². The van der Waals surface area contributed by atoms with Crippen molar-refractivity contribution in [1.29, 1.82) is 0 Å². The number of unbranched alkanes of at least 4 members (excludes halogenated alkanes) is 3. The summed E-state index contributed by atoms with van der Waals surface area (Å²) in [5, 5.41) is 0. The molecule has 0 aliphatic carbocycles. The number of carbonyl (C=O) groups excluding carboxylic acids is 1. The van der Waals surface area contributed by atoms with Crippen molar-refractivity contribution in [1.82, 2.24) is 4.90 Å². The molecule has 0 saturated heterocycles. The van der Waals surface area contributed by atoms with Gasteiger partial charge in [-0.05, 0) is 19.4 Å². The van der Waals surface area contributed by atoms with Crippen LogP contribution in [0.1, 0.15) is 32.1 Å². The van der Waals surface area contributed by atoms with Crippen LogP contribution < -0.4 is 5.73 Å².